The van der Waals surface area contributed by atoms with Gasteiger partial charge < -0.3 is 9.88 Å². The summed E-state index contributed by atoms with van der Waals surface area (Å²) in [6.45, 7) is 5.29. The van der Waals surface area contributed by atoms with E-state index in [0.29, 0.717) is 6.04 Å². The predicted molar refractivity (Wildman–Crippen MR) is 88.8 cm³/mol. The van der Waals surface area contributed by atoms with Crippen molar-refractivity contribution in [2.75, 3.05) is 11.9 Å². The second-order valence-corrected chi connectivity index (χ2v) is 5.34. The average molecular weight is 279 g/mol. The number of fused-ring (bicyclic) bond motifs is 1. The minimum absolute atomic E-state index is 0.354. The van der Waals surface area contributed by atoms with E-state index in [1.807, 2.05) is 12.1 Å². The van der Waals surface area contributed by atoms with Crippen molar-refractivity contribution in [1.29, 1.82) is 0 Å². The van der Waals surface area contributed by atoms with Crippen molar-refractivity contribution in [2.45, 2.75) is 26.3 Å². The molecular weight excluding hydrogens is 258 g/mol. The number of anilines is 1. The molecule has 0 bridgehead atoms. The maximum absolute atomic E-state index is 4.74. The Bertz CT molecular complexity index is 716. The molecule has 3 nitrogen and oxygen atoms in total. The number of aryl methyl sites for hydroxylation is 1. The summed E-state index contributed by atoms with van der Waals surface area (Å²) < 4.78 is 2.35. The zero-order valence-electron chi connectivity index (χ0n) is 12.6. The summed E-state index contributed by atoms with van der Waals surface area (Å²) in [6, 6.07) is 19.1. The molecule has 0 aliphatic rings. The van der Waals surface area contributed by atoms with Gasteiger partial charge in [0.2, 0.25) is 0 Å². The zero-order chi connectivity index (χ0) is 14.7. The van der Waals surface area contributed by atoms with Crippen LogP contribution in [0, 0.1) is 0 Å². The van der Waals surface area contributed by atoms with Crippen LogP contribution in [-0.4, -0.2) is 16.1 Å². The summed E-state index contributed by atoms with van der Waals surface area (Å²) >= 11 is 0. The molecule has 3 aromatic rings. The fraction of sp³-hybridized carbons (Fsp3) is 0.278. The van der Waals surface area contributed by atoms with Crippen molar-refractivity contribution in [1.82, 2.24) is 9.55 Å². The lowest BCUT2D eigenvalue weighted by atomic mass is 10.2. The Hall–Kier alpha value is -2.29. The first kappa shape index (κ1) is 13.7. The third kappa shape index (κ3) is 2.77. The van der Waals surface area contributed by atoms with Gasteiger partial charge in [0.15, 0.2) is 0 Å². The second-order valence-electron chi connectivity index (χ2n) is 5.34. The number of nitrogens with one attached hydrogen (secondary N) is 1. The van der Waals surface area contributed by atoms with Crippen LogP contribution in [0.4, 0.5) is 5.69 Å². The SMILES string of the molecule is CCc1nc2ccccc2n1C(C)CNc1ccccc1. The van der Waals surface area contributed by atoms with Crippen molar-refractivity contribution in [3.63, 3.8) is 0 Å². The lowest BCUT2D eigenvalue weighted by Crippen LogP contribution is -2.18. The molecule has 0 saturated carbocycles. The number of imidazole rings is 1. The quantitative estimate of drug-likeness (QED) is 0.755. The summed E-state index contributed by atoms with van der Waals surface area (Å²) in [7, 11) is 0. The highest BCUT2D eigenvalue weighted by Gasteiger charge is 2.14. The van der Waals surface area contributed by atoms with E-state index >= 15 is 0 Å². The Balaban J connectivity index is 1.85. The molecule has 1 atom stereocenters. The molecular formula is C18H21N3. The summed E-state index contributed by atoms with van der Waals surface area (Å²) in [5.41, 5.74) is 3.46. The number of para-hydroxylation sites is 3. The van der Waals surface area contributed by atoms with Crippen LogP contribution >= 0.6 is 0 Å². The minimum atomic E-state index is 0.354. The van der Waals surface area contributed by atoms with Crippen molar-refractivity contribution in [3.8, 4) is 0 Å². The Morgan fingerprint density at radius 1 is 1.05 bits per heavy atom. The largest absolute Gasteiger partial charge is 0.383 e. The van der Waals surface area contributed by atoms with E-state index in [9.17, 15) is 0 Å². The molecule has 108 valence electrons. The number of nitrogens with zero attached hydrogens (tertiary/aromatic N) is 2. The molecule has 3 heteroatoms. The maximum atomic E-state index is 4.74. The molecule has 1 heterocycles. The third-order valence-electron chi connectivity index (χ3n) is 3.80. The average Bonchev–Trinajstić information content (AvgIpc) is 2.92. The van der Waals surface area contributed by atoms with Gasteiger partial charge in [-0.1, -0.05) is 37.3 Å². The molecule has 3 rings (SSSR count). The van der Waals surface area contributed by atoms with Crippen LogP contribution in [0.2, 0.25) is 0 Å². The van der Waals surface area contributed by atoms with Gasteiger partial charge in [0.05, 0.1) is 11.0 Å². The molecule has 21 heavy (non-hydrogen) atoms. The van der Waals surface area contributed by atoms with E-state index in [0.717, 1.165) is 30.0 Å². The lowest BCUT2D eigenvalue weighted by Gasteiger charge is -2.18. The van der Waals surface area contributed by atoms with Gasteiger partial charge >= 0.3 is 0 Å². The van der Waals surface area contributed by atoms with E-state index in [1.54, 1.807) is 0 Å². The molecule has 0 amide bonds. The molecule has 0 saturated heterocycles. The van der Waals surface area contributed by atoms with Crippen LogP contribution in [0.25, 0.3) is 11.0 Å². The molecule has 0 aliphatic carbocycles. The van der Waals surface area contributed by atoms with Gasteiger partial charge in [0.1, 0.15) is 5.82 Å². The number of aromatic nitrogens is 2. The van der Waals surface area contributed by atoms with E-state index < -0.39 is 0 Å². The van der Waals surface area contributed by atoms with E-state index in [-0.39, 0.29) is 0 Å². The van der Waals surface area contributed by atoms with Crippen molar-refractivity contribution < 1.29 is 0 Å². The molecule has 0 aliphatic heterocycles. The van der Waals surface area contributed by atoms with Crippen LogP contribution in [-0.2, 0) is 6.42 Å². The van der Waals surface area contributed by atoms with Crippen LogP contribution < -0.4 is 5.32 Å². The van der Waals surface area contributed by atoms with Gasteiger partial charge in [-0.3, -0.25) is 0 Å². The number of hydrogen-bond donors (Lipinski definition) is 1. The minimum Gasteiger partial charge on any atom is -0.383 e. The topological polar surface area (TPSA) is 29.9 Å². The fourth-order valence-corrected chi connectivity index (χ4v) is 2.75. The zero-order valence-corrected chi connectivity index (χ0v) is 12.6. The first-order valence-electron chi connectivity index (χ1n) is 7.54. The monoisotopic (exact) mass is 279 g/mol. The fourth-order valence-electron chi connectivity index (χ4n) is 2.75. The predicted octanol–water partition coefficient (Wildman–Crippen LogP) is 4.27. The number of hydrogen-bond acceptors (Lipinski definition) is 2. The van der Waals surface area contributed by atoms with Crippen molar-refractivity contribution in [2.24, 2.45) is 0 Å². The highest BCUT2D eigenvalue weighted by molar-refractivity contribution is 5.76. The number of benzene rings is 2. The van der Waals surface area contributed by atoms with Crippen molar-refractivity contribution in [3.05, 3.63) is 60.4 Å². The first-order valence-corrected chi connectivity index (χ1v) is 7.54. The summed E-state index contributed by atoms with van der Waals surface area (Å²) in [5, 5.41) is 3.50. The molecule has 0 fully saturated rings. The van der Waals surface area contributed by atoms with Crippen molar-refractivity contribution >= 4 is 16.7 Å². The normalized spacial score (nSPS) is 12.5. The summed E-state index contributed by atoms with van der Waals surface area (Å²) in [6.07, 6.45) is 0.949. The van der Waals surface area contributed by atoms with E-state index in [1.165, 1.54) is 5.52 Å². The summed E-state index contributed by atoms with van der Waals surface area (Å²) in [5.74, 6) is 1.15. The van der Waals surface area contributed by atoms with Crippen LogP contribution in [0.5, 0.6) is 0 Å². The Labute approximate surface area is 125 Å². The highest BCUT2D eigenvalue weighted by atomic mass is 15.1. The van der Waals surface area contributed by atoms with E-state index in [2.05, 4.69) is 66.2 Å². The summed E-state index contributed by atoms with van der Waals surface area (Å²) in [4.78, 5) is 4.74. The molecule has 1 N–H and O–H groups in total. The van der Waals surface area contributed by atoms with Gasteiger partial charge in [-0.25, -0.2) is 4.98 Å². The lowest BCUT2D eigenvalue weighted by molar-refractivity contribution is 0.564. The second kappa shape index (κ2) is 6.00. The van der Waals surface area contributed by atoms with Crippen LogP contribution in [0.1, 0.15) is 25.7 Å². The first-order chi connectivity index (χ1) is 10.3. The molecule has 0 radical (unpaired) electrons. The number of rotatable bonds is 5. The van der Waals surface area contributed by atoms with Crippen LogP contribution in [0.3, 0.4) is 0 Å². The van der Waals surface area contributed by atoms with E-state index in [4.69, 9.17) is 4.98 Å². The maximum Gasteiger partial charge on any atom is 0.109 e. The molecule has 1 aromatic heterocycles. The van der Waals surface area contributed by atoms with Gasteiger partial charge in [-0.2, -0.15) is 0 Å². The smallest absolute Gasteiger partial charge is 0.109 e. The molecule has 2 aromatic carbocycles. The van der Waals surface area contributed by atoms with Gasteiger partial charge in [-0.05, 0) is 31.2 Å². The van der Waals surface area contributed by atoms with Crippen LogP contribution in [0.15, 0.2) is 54.6 Å². The standard InChI is InChI=1S/C18H21N3/c1-3-18-20-16-11-7-8-12-17(16)21(18)14(2)13-19-15-9-5-4-6-10-15/h4-12,14,19H,3,13H2,1-2H3. The third-order valence-corrected chi connectivity index (χ3v) is 3.80. The highest BCUT2D eigenvalue weighted by Crippen LogP contribution is 2.22. The Kier molecular flexibility index (Phi) is 3.91. The van der Waals surface area contributed by atoms with Gasteiger partial charge in [-0.15, -0.1) is 0 Å². The van der Waals surface area contributed by atoms with Gasteiger partial charge in [0, 0.05) is 24.7 Å². The van der Waals surface area contributed by atoms with Gasteiger partial charge in [0.25, 0.3) is 0 Å². The molecule has 1 unspecified atom stereocenters. The molecule has 0 spiro atoms. The Morgan fingerprint density at radius 3 is 2.52 bits per heavy atom. The Morgan fingerprint density at radius 2 is 1.76 bits per heavy atom.